The molecule has 0 aromatic carbocycles. The van der Waals surface area contributed by atoms with Crippen molar-refractivity contribution in [3.05, 3.63) is 42.1 Å². The van der Waals surface area contributed by atoms with Crippen molar-refractivity contribution in [3.63, 3.8) is 0 Å². The molecule has 4 heterocycles. The van der Waals surface area contributed by atoms with Gasteiger partial charge in [0.15, 0.2) is 0 Å². The monoisotopic (exact) mass is 328 g/mol. The quantitative estimate of drug-likeness (QED) is 0.857. The summed E-state index contributed by atoms with van der Waals surface area (Å²) in [5.74, 6) is 0.720. The second-order valence-electron chi connectivity index (χ2n) is 6.10. The fourth-order valence-corrected chi connectivity index (χ4v) is 3.19. The lowest BCUT2D eigenvalue weighted by Gasteiger charge is -2.32. The number of hydrogen-bond acceptors (Lipinski definition) is 6. The summed E-state index contributed by atoms with van der Waals surface area (Å²) in [7, 11) is 0. The van der Waals surface area contributed by atoms with Crippen LogP contribution in [0.2, 0.25) is 0 Å². The van der Waals surface area contributed by atoms with E-state index >= 15 is 0 Å². The Labute approximate surface area is 140 Å². The van der Waals surface area contributed by atoms with E-state index in [0.717, 1.165) is 24.7 Å². The average molecular weight is 328 g/mol. The molecule has 2 aliphatic rings. The zero-order valence-electron chi connectivity index (χ0n) is 13.4. The summed E-state index contributed by atoms with van der Waals surface area (Å²) in [6.07, 6.45) is 6.90. The van der Waals surface area contributed by atoms with Crippen molar-refractivity contribution < 1.29 is 13.9 Å². The number of nitrogens with zero attached hydrogens (tertiary/aromatic N) is 4. The van der Waals surface area contributed by atoms with Gasteiger partial charge >= 0.3 is 0 Å². The van der Waals surface area contributed by atoms with Gasteiger partial charge in [-0.2, -0.15) is 0 Å². The van der Waals surface area contributed by atoms with Crippen molar-refractivity contribution in [2.75, 3.05) is 37.7 Å². The van der Waals surface area contributed by atoms with Gasteiger partial charge in [-0.25, -0.2) is 9.97 Å². The first-order valence-corrected chi connectivity index (χ1v) is 8.32. The maximum absolute atomic E-state index is 12.5. The highest BCUT2D eigenvalue weighted by atomic mass is 16.5. The Morgan fingerprint density at radius 1 is 1.21 bits per heavy atom. The largest absolute Gasteiger partial charge is 0.472 e. The molecule has 126 valence electrons. The maximum atomic E-state index is 12.5. The summed E-state index contributed by atoms with van der Waals surface area (Å²) >= 11 is 0. The first kappa shape index (κ1) is 15.1. The third-order valence-corrected chi connectivity index (χ3v) is 4.50. The molecule has 0 N–H and O–H groups in total. The van der Waals surface area contributed by atoms with Crippen LogP contribution < -0.4 is 4.90 Å². The van der Waals surface area contributed by atoms with Gasteiger partial charge in [0, 0.05) is 25.8 Å². The zero-order valence-corrected chi connectivity index (χ0v) is 13.4. The number of anilines is 1. The second-order valence-corrected chi connectivity index (χ2v) is 6.10. The first-order chi connectivity index (χ1) is 11.8. The van der Waals surface area contributed by atoms with Crippen LogP contribution in [0.5, 0.6) is 0 Å². The van der Waals surface area contributed by atoms with E-state index in [2.05, 4.69) is 14.9 Å². The predicted octanol–water partition coefficient (Wildman–Crippen LogP) is 1.88. The van der Waals surface area contributed by atoms with Crippen molar-refractivity contribution >= 4 is 11.9 Å². The Morgan fingerprint density at radius 2 is 2.08 bits per heavy atom. The van der Waals surface area contributed by atoms with Crippen LogP contribution in [0.25, 0.3) is 0 Å². The van der Waals surface area contributed by atoms with E-state index in [-0.39, 0.29) is 12.0 Å². The molecule has 1 unspecified atom stereocenters. The SMILES string of the molecule is O=C(c1ccoc1)N1CCOC(c2ccnc(N3CCCC3)n2)C1. The van der Waals surface area contributed by atoms with Crippen molar-refractivity contribution in [1.29, 1.82) is 0 Å². The summed E-state index contributed by atoms with van der Waals surface area (Å²) in [4.78, 5) is 25.5. The van der Waals surface area contributed by atoms with Crippen molar-refractivity contribution in [2.45, 2.75) is 18.9 Å². The van der Waals surface area contributed by atoms with Gasteiger partial charge in [0.1, 0.15) is 12.4 Å². The fraction of sp³-hybridized carbons (Fsp3) is 0.471. The summed E-state index contributed by atoms with van der Waals surface area (Å²) in [6, 6.07) is 3.55. The molecule has 0 spiro atoms. The molecular formula is C17H20N4O3. The predicted molar refractivity (Wildman–Crippen MR) is 86.8 cm³/mol. The molecule has 7 nitrogen and oxygen atoms in total. The molecule has 4 rings (SSSR count). The average Bonchev–Trinajstić information content (AvgIpc) is 3.35. The van der Waals surface area contributed by atoms with Crippen LogP contribution in [0.3, 0.4) is 0 Å². The van der Waals surface area contributed by atoms with Gasteiger partial charge in [-0.15, -0.1) is 0 Å². The lowest BCUT2D eigenvalue weighted by Crippen LogP contribution is -2.42. The third-order valence-electron chi connectivity index (χ3n) is 4.50. The lowest BCUT2D eigenvalue weighted by molar-refractivity contribution is -0.0247. The first-order valence-electron chi connectivity index (χ1n) is 8.32. The molecule has 2 aromatic heterocycles. The minimum absolute atomic E-state index is 0.0362. The molecule has 24 heavy (non-hydrogen) atoms. The summed E-state index contributed by atoms with van der Waals surface area (Å²) in [5, 5.41) is 0. The smallest absolute Gasteiger partial charge is 0.257 e. The summed E-state index contributed by atoms with van der Waals surface area (Å²) < 4.78 is 10.9. The van der Waals surface area contributed by atoms with E-state index < -0.39 is 0 Å². The zero-order chi connectivity index (χ0) is 16.4. The van der Waals surface area contributed by atoms with Crippen LogP contribution in [0.15, 0.2) is 35.3 Å². The Kier molecular flexibility index (Phi) is 4.17. The van der Waals surface area contributed by atoms with E-state index in [0.29, 0.717) is 25.3 Å². The number of furan rings is 1. The van der Waals surface area contributed by atoms with Crippen molar-refractivity contribution in [2.24, 2.45) is 0 Å². The van der Waals surface area contributed by atoms with Crippen LogP contribution in [0.1, 0.15) is 35.0 Å². The van der Waals surface area contributed by atoms with E-state index in [1.54, 1.807) is 17.2 Å². The minimum atomic E-state index is -0.223. The van der Waals surface area contributed by atoms with Gasteiger partial charge in [-0.3, -0.25) is 4.79 Å². The molecule has 2 fully saturated rings. The van der Waals surface area contributed by atoms with Gasteiger partial charge in [-0.1, -0.05) is 0 Å². The number of carbonyl (C=O) groups is 1. The molecule has 0 bridgehead atoms. The number of carbonyl (C=O) groups excluding carboxylic acids is 1. The maximum Gasteiger partial charge on any atom is 0.257 e. The molecule has 2 saturated heterocycles. The number of hydrogen-bond donors (Lipinski definition) is 0. The van der Waals surface area contributed by atoms with Crippen molar-refractivity contribution in [1.82, 2.24) is 14.9 Å². The van der Waals surface area contributed by atoms with E-state index in [1.807, 2.05) is 6.07 Å². The van der Waals surface area contributed by atoms with Crippen LogP contribution in [0.4, 0.5) is 5.95 Å². The molecular weight excluding hydrogens is 308 g/mol. The third kappa shape index (κ3) is 2.99. The Bertz CT molecular complexity index is 698. The van der Waals surface area contributed by atoms with E-state index in [1.165, 1.54) is 25.4 Å². The van der Waals surface area contributed by atoms with Crippen LogP contribution in [0, 0.1) is 0 Å². The lowest BCUT2D eigenvalue weighted by atomic mass is 10.2. The van der Waals surface area contributed by atoms with Gasteiger partial charge < -0.3 is 19.0 Å². The Balaban J connectivity index is 1.49. The highest BCUT2D eigenvalue weighted by Crippen LogP contribution is 2.24. The molecule has 2 aliphatic heterocycles. The minimum Gasteiger partial charge on any atom is -0.472 e. The molecule has 1 amide bonds. The highest BCUT2D eigenvalue weighted by molar-refractivity contribution is 5.93. The molecule has 2 aromatic rings. The van der Waals surface area contributed by atoms with Gasteiger partial charge in [0.2, 0.25) is 5.95 Å². The molecule has 0 saturated carbocycles. The highest BCUT2D eigenvalue weighted by Gasteiger charge is 2.28. The second kappa shape index (κ2) is 6.60. The van der Waals surface area contributed by atoms with Gasteiger partial charge in [-0.05, 0) is 25.0 Å². The Hall–Kier alpha value is -2.41. The number of morpholine rings is 1. The van der Waals surface area contributed by atoms with Crippen LogP contribution in [-0.2, 0) is 4.74 Å². The molecule has 0 aliphatic carbocycles. The van der Waals surface area contributed by atoms with E-state index in [9.17, 15) is 4.79 Å². The fourth-order valence-electron chi connectivity index (χ4n) is 3.19. The molecule has 0 radical (unpaired) electrons. The van der Waals surface area contributed by atoms with Gasteiger partial charge in [0.05, 0.1) is 30.7 Å². The normalized spacial score (nSPS) is 21.2. The number of aromatic nitrogens is 2. The van der Waals surface area contributed by atoms with Crippen molar-refractivity contribution in [3.8, 4) is 0 Å². The molecule has 7 heteroatoms. The number of amides is 1. The van der Waals surface area contributed by atoms with Gasteiger partial charge in [0.25, 0.3) is 5.91 Å². The van der Waals surface area contributed by atoms with Crippen LogP contribution in [-0.4, -0.2) is 53.6 Å². The number of rotatable bonds is 3. The Morgan fingerprint density at radius 3 is 2.88 bits per heavy atom. The topological polar surface area (TPSA) is 71.7 Å². The van der Waals surface area contributed by atoms with E-state index in [4.69, 9.17) is 9.15 Å². The summed E-state index contributed by atoms with van der Waals surface area (Å²) in [5.41, 5.74) is 1.40. The van der Waals surface area contributed by atoms with Crippen LogP contribution >= 0.6 is 0 Å². The summed E-state index contributed by atoms with van der Waals surface area (Å²) in [6.45, 7) is 3.56. The standard InChI is InChI=1S/C17H20N4O3/c22-16(13-4-9-23-12-13)21-8-10-24-15(11-21)14-3-5-18-17(19-14)20-6-1-2-7-20/h3-5,9,12,15H,1-2,6-8,10-11H2. The molecule has 1 atom stereocenters. The number of ether oxygens (including phenoxy) is 1.